The van der Waals surface area contributed by atoms with Gasteiger partial charge in [0.1, 0.15) is 0 Å². The van der Waals surface area contributed by atoms with Crippen LogP contribution in [-0.4, -0.2) is 26.6 Å². The molecule has 5 nitrogen and oxygen atoms in total. The van der Waals surface area contributed by atoms with Gasteiger partial charge < -0.3 is 4.90 Å². The van der Waals surface area contributed by atoms with Gasteiger partial charge in [-0.15, -0.1) is 0 Å². The van der Waals surface area contributed by atoms with Crippen molar-refractivity contribution < 1.29 is 4.79 Å². The third-order valence-corrected chi connectivity index (χ3v) is 4.60. The van der Waals surface area contributed by atoms with Gasteiger partial charge in [-0.3, -0.25) is 9.59 Å². The molecule has 27 heavy (non-hydrogen) atoms. The largest absolute Gasteiger partial charge is 0.330 e. The number of hydrogen-bond donors (Lipinski definition) is 0. The Kier molecular flexibility index (Phi) is 5.40. The second kappa shape index (κ2) is 7.74. The van der Waals surface area contributed by atoms with Gasteiger partial charge in [-0.25, -0.2) is 4.68 Å². The smallest absolute Gasteiger partial charge is 0.275 e. The van der Waals surface area contributed by atoms with E-state index in [4.69, 9.17) is 0 Å². The van der Waals surface area contributed by atoms with E-state index >= 15 is 0 Å². The monoisotopic (exact) mass is 363 g/mol. The van der Waals surface area contributed by atoms with Crippen LogP contribution in [0, 0.1) is 0 Å². The van der Waals surface area contributed by atoms with Gasteiger partial charge in [0.05, 0.1) is 11.4 Å². The second-order valence-corrected chi connectivity index (χ2v) is 7.25. The van der Waals surface area contributed by atoms with E-state index in [-0.39, 0.29) is 23.6 Å². The average molecular weight is 363 g/mol. The van der Waals surface area contributed by atoms with E-state index in [9.17, 15) is 9.59 Å². The molecule has 3 aromatic rings. The van der Waals surface area contributed by atoms with Crippen molar-refractivity contribution in [1.82, 2.24) is 14.7 Å². The summed E-state index contributed by atoms with van der Waals surface area (Å²) in [6, 6.07) is 17.0. The first-order chi connectivity index (χ1) is 12.9. The summed E-state index contributed by atoms with van der Waals surface area (Å²) in [6.07, 6.45) is 0. The van der Waals surface area contributed by atoms with Crippen LogP contribution in [0.1, 0.15) is 49.8 Å². The molecule has 0 unspecified atom stereocenters. The summed E-state index contributed by atoms with van der Waals surface area (Å²) in [5, 5.41) is 5.58. The molecule has 0 bridgehead atoms. The number of carbonyl (C=O) groups is 1. The number of aromatic nitrogens is 2. The molecule has 140 valence electrons. The minimum Gasteiger partial charge on any atom is -0.330 e. The predicted molar refractivity (Wildman–Crippen MR) is 108 cm³/mol. The fourth-order valence-corrected chi connectivity index (χ4v) is 3.12. The molecule has 0 N–H and O–H groups in total. The molecular formula is C22H25N3O2. The summed E-state index contributed by atoms with van der Waals surface area (Å²) in [6.45, 7) is 8.25. The van der Waals surface area contributed by atoms with Crippen LogP contribution in [0.2, 0.25) is 0 Å². The van der Waals surface area contributed by atoms with E-state index in [0.29, 0.717) is 23.0 Å². The quantitative estimate of drug-likeness (QED) is 0.688. The Bertz CT molecular complexity index is 1010. The lowest BCUT2D eigenvalue weighted by atomic mass is 10.1. The maximum Gasteiger partial charge on any atom is 0.275 e. The van der Waals surface area contributed by atoms with Crippen molar-refractivity contribution in [3.8, 4) is 0 Å². The zero-order chi connectivity index (χ0) is 19.6. The van der Waals surface area contributed by atoms with E-state index in [1.165, 1.54) is 4.68 Å². The summed E-state index contributed by atoms with van der Waals surface area (Å²) in [5.74, 6) is -0.167. The average Bonchev–Trinajstić information content (AvgIpc) is 2.66. The molecular weight excluding hydrogens is 338 g/mol. The number of amides is 1. The Hall–Kier alpha value is -2.95. The minimum atomic E-state index is -0.170. The number of carbonyl (C=O) groups excluding carboxylic acids is 1. The Morgan fingerprint density at radius 2 is 1.56 bits per heavy atom. The van der Waals surface area contributed by atoms with Crippen LogP contribution in [0.3, 0.4) is 0 Å². The van der Waals surface area contributed by atoms with Crippen molar-refractivity contribution in [3.05, 3.63) is 76.2 Å². The molecule has 2 aromatic carbocycles. The van der Waals surface area contributed by atoms with Crippen LogP contribution in [-0.2, 0) is 6.54 Å². The lowest BCUT2D eigenvalue weighted by Crippen LogP contribution is -2.38. The molecule has 0 spiro atoms. The fraction of sp³-hybridized carbons (Fsp3) is 0.318. The van der Waals surface area contributed by atoms with Crippen LogP contribution in [0.4, 0.5) is 0 Å². The van der Waals surface area contributed by atoms with Crippen LogP contribution < -0.4 is 5.56 Å². The Labute approximate surface area is 159 Å². The molecule has 0 aliphatic carbocycles. The molecule has 0 fully saturated rings. The number of hydrogen-bond acceptors (Lipinski definition) is 3. The molecule has 5 heteroatoms. The normalized spacial score (nSPS) is 11.3. The first-order valence-electron chi connectivity index (χ1n) is 9.26. The Balaban J connectivity index is 2.13. The molecule has 0 saturated carbocycles. The van der Waals surface area contributed by atoms with Gasteiger partial charge in [-0.05, 0) is 39.3 Å². The third kappa shape index (κ3) is 3.77. The van der Waals surface area contributed by atoms with E-state index < -0.39 is 0 Å². The van der Waals surface area contributed by atoms with Crippen molar-refractivity contribution in [2.75, 3.05) is 0 Å². The maximum absolute atomic E-state index is 13.4. The van der Waals surface area contributed by atoms with Gasteiger partial charge in [0.15, 0.2) is 5.69 Å². The van der Waals surface area contributed by atoms with E-state index in [1.54, 1.807) is 17.0 Å². The molecule has 1 amide bonds. The van der Waals surface area contributed by atoms with Crippen LogP contribution in [0.5, 0.6) is 0 Å². The van der Waals surface area contributed by atoms with Gasteiger partial charge >= 0.3 is 0 Å². The van der Waals surface area contributed by atoms with Crippen LogP contribution >= 0.6 is 0 Å². The van der Waals surface area contributed by atoms with Crippen LogP contribution in [0.15, 0.2) is 59.4 Å². The molecule has 0 aliphatic rings. The first-order valence-corrected chi connectivity index (χ1v) is 9.26. The lowest BCUT2D eigenvalue weighted by molar-refractivity contribution is 0.0683. The molecule has 1 heterocycles. The van der Waals surface area contributed by atoms with E-state index in [2.05, 4.69) is 5.10 Å². The van der Waals surface area contributed by atoms with Gasteiger partial charge in [0.25, 0.3) is 11.5 Å². The van der Waals surface area contributed by atoms with Crippen molar-refractivity contribution >= 4 is 16.7 Å². The van der Waals surface area contributed by atoms with Gasteiger partial charge in [-0.1, -0.05) is 48.5 Å². The van der Waals surface area contributed by atoms with Crippen molar-refractivity contribution in [2.45, 2.75) is 46.3 Å². The molecule has 0 radical (unpaired) electrons. The lowest BCUT2D eigenvalue weighted by Gasteiger charge is -2.27. The number of benzene rings is 2. The Morgan fingerprint density at radius 3 is 2.15 bits per heavy atom. The maximum atomic E-state index is 13.4. The van der Waals surface area contributed by atoms with Crippen LogP contribution in [0.25, 0.3) is 10.8 Å². The summed E-state index contributed by atoms with van der Waals surface area (Å²) < 4.78 is 1.40. The SMILES string of the molecule is CC(C)N(Cc1ccccc1)C(=O)c1nn(C(C)C)c(=O)c2ccccc12. The number of nitrogens with zero attached hydrogens (tertiary/aromatic N) is 3. The predicted octanol–water partition coefficient (Wildman–Crippen LogP) is 4.03. The Morgan fingerprint density at radius 1 is 0.963 bits per heavy atom. The molecule has 3 rings (SSSR count). The zero-order valence-corrected chi connectivity index (χ0v) is 16.2. The van der Waals surface area contributed by atoms with Gasteiger partial charge in [0, 0.05) is 18.0 Å². The standard InChI is InChI=1S/C22H25N3O2/c1-15(2)24(14-17-10-6-5-7-11-17)22(27)20-18-12-8-9-13-19(18)21(26)25(23-20)16(3)4/h5-13,15-16H,14H2,1-4H3. The second-order valence-electron chi connectivity index (χ2n) is 7.25. The highest BCUT2D eigenvalue weighted by Crippen LogP contribution is 2.19. The van der Waals surface area contributed by atoms with Crippen molar-refractivity contribution in [1.29, 1.82) is 0 Å². The summed E-state index contributed by atoms with van der Waals surface area (Å²) in [5.41, 5.74) is 1.21. The summed E-state index contributed by atoms with van der Waals surface area (Å²) in [7, 11) is 0. The zero-order valence-electron chi connectivity index (χ0n) is 16.2. The number of rotatable bonds is 5. The van der Waals surface area contributed by atoms with E-state index in [0.717, 1.165) is 5.56 Å². The fourth-order valence-electron chi connectivity index (χ4n) is 3.12. The van der Waals surface area contributed by atoms with Crippen molar-refractivity contribution in [2.24, 2.45) is 0 Å². The molecule has 1 aromatic heterocycles. The summed E-state index contributed by atoms with van der Waals surface area (Å²) >= 11 is 0. The topological polar surface area (TPSA) is 55.2 Å². The highest BCUT2D eigenvalue weighted by atomic mass is 16.2. The highest BCUT2D eigenvalue weighted by Gasteiger charge is 2.24. The molecule has 0 atom stereocenters. The van der Waals surface area contributed by atoms with Gasteiger partial charge in [-0.2, -0.15) is 5.10 Å². The third-order valence-electron chi connectivity index (χ3n) is 4.60. The van der Waals surface area contributed by atoms with Gasteiger partial charge in [0.2, 0.25) is 0 Å². The molecule has 0 saturated heterocycles. The first kappa shape index (κ1) is 18.8. The molecule has 0 aliphatic heterocycles. The number of fused-ring (bicyclic) bond motifs is 1. The highest BCUT2D eigenvalue weighted by molar-refractivity contribution is 6.04. The van der Waals surface area contributed by atoms with E-state index in [1.807, 2.05) is 70.2 Å². The summed E-state index contributed by atoms with van der Waals surface area (Å²) in [4.78, 5) is 27.9. The minimum absolute atomic E-state index is 0.00213. The van der Waals surface area contributed by atoms with Crippen molar-refractivity contribution in [3.63, 3.8) is 0 Å².